The van der Waals surface area contributed by atoms with E-state index in [-0.39, 0.29) is 12.5 Å². The van der Waals surface area contributed by atoms with E-state index in [1.807, 2.05) is 24.3 Å². The number of rotatable bonds is 6. The predicted molar refractivity (Wildman–Crippen MR) is 85.9 cm³/mol. The fraction of sp³-hybridized carbons (Fsp3) is 0.294. The van der Waals surface area contributed by atoms with E-state index in [4.69, 9.17) is 4.74 Å². The van der Waals surface area contributed by atoms with Crippen LogP contribution in [0.5, 0.6) is 0 Å². The zero-order valence-electron chi connectivity index (χ0n) is 13.1. The Morgan fingerprint density at radius 2 is 2.21 bits per heavy atom. The third-order valence-electron chi connectivity index (χ3n) is 3.76. The molecule has 7 nitrogen and oxygen atoms in total. The van der Waals surface area contributed by atoms with Crippen LogP contribution in [-0.4, -0.2) is 46.1 Å². The molecule has 1 atom stereocenters. The number of hydrogen-bond donors (Lipinski definition) is 1. The minimum absolute atomic E-state index is 0.0640. The molecule has 1 aliphatic heterocycles. The first-order valence-electron chi connectivity index (χ1n) is 7.74. The topological polar surface area (TPSA) is 84.4 Å². The van der Waals surface area contributed by atoms with Crippen molar-refractivity contribution in [2.24, 2.45) is 0 Å². The molecule has 1 fully saturated rings. The van der Waals surface area contributed by atoms with Crippen molar-refractivity contribution in [2.45, 2.75) is 19.0 Å². The molecule has 0 aromatic carbocycles. The molecule has 1 saturated heterocycles. The molecule has 1 N–H and O–H groups in total. The smallest absolute Gasteiger partial charge is 0.410 e. The molecule has 0 bridgehead atoms. The van der Waals surface area contributed by atoms with E-state index in [1.54, 1.807) is 24.7 Å². The fourth-order valence-corrected chi connectivity index (χ4v) is 2.51. The lowest BCUT2D eigenvalue weighted by molar-refractivity contribution is -0.124. The van der Waals surface area contributed by atoms with E-state index in [1.165, 1.54) is 4.90 Å². The molecular formula is C17H18N4O3. The van der Waals surface area contributed by atoms with Crippen LogP contribution in [-0.2, 0) is 22.5 Å². The lowest BCUT2D eigenvalue weighted by atomic mass is 10.2. The summed E-state index contributed by atoms with van der Waals surface area (Å²) in [4.78, 5) is 33.9. The average Bonchev–Trinajstić information content (AvgIpc) is 2.97. The van der Waals surface area contributed by atoms with Gasteiger partial charge in [0.15, 0.2) is 0 Å². The highest BCUT2D eigenvalue weighted by molar-refractivity contribution is 5.87. The first-order valence-corrected chi connectivity index (χ1v) is 7.74. The Kier molecular flexibility index (Phi) is 5.00. The average molecular weight is 326 g/mol. The van der Waals surface area contributed by atoms with Gasteiger partial charge in [-0.1, -0.05) is 12.1 Å². The SMILES string of the molecule is O=C(NCCc1ccccn1)[C@@H]1COC(=O)N1Cc1cccnc1. The Hall–Kier alpha value is -2.96. The lowest BCUT2D eigenvalue weighted by Crippen LogP contribution is -2.45. The normalized spacial score (nSPS) is 16.8. The summed E-state index contributed by atoms with van der Waals surface area (Å²) in [6, 6.07) is 8.68. The molecule has 24 heavy (non-hydrogen) atoms. The maximum Gasteiger partial charge on any atom is 0.410 e. The molecule has 0 radical (unpaired) electrons. The highest BCUT2D eigenvalue weighted by Gasteiger charge is 2.37. The van der Waals surface area contributed by atoms with Crippen molar-refractivity contribution in [1.82, 2.24) is 20.2 Å². The zero-order chi connectivity index (χ0) is 16.8. The second-order valence-corrected chi connectivity index (χ2v) is 5.44. The van der Waals surface area contributed by atoms with E-state index >= 15 is 0 Å². The second kappa shape index (κ2) is 7.54. The summed E-state index contributed by atoms with van der Waals surface area (Å²) in [5.74, 6) is -0.222. The second-order valence-electron chi connectivity index (χ2n) is 5.44. The Morgan fingerprint density at radius 3 is 2.96 bits per heavy atom. The van der Waals surface area contributed by atoms with Gasteiger partial charge in [0.25, 0.3) is 0 Å². The Balaban J connectivity index is 1.55. The predicted octanol–water partition coefficient (Wildman–Crippen LogP) is 1.16. The maximum absolute atomic E-state index is 12.4. The van der Waals surface area contributed by atoms with E-state index in [2.05, 4.69) is 15.3 Å². The highest BCUT2D eigenvalue weighted by Crippen LogP contribution is 2.16. The van der Waals surface area contributed by atoms with Crippen molar-refractivity contribution >= 4 is 12.0 Å². The minimum atomic E-state index is -0.624. The zero-order valence-corrected chi connectivity index (χ0v) is 13.1. The van der Waals surface area contributed by atoms with E-state index in [0.29, 0.717) is 19.5 Å². The Bertz CT molecular complexity index is 693. The Labute approximate surface area is 139 Å². The maximum atomic E-state index is 12.4. The summed E-state index contributed by atoms with van der Waals surface area (Å²) >= 11 is 0. The fourth-order valence-electron chi connectivity index (χ4n) is 2.51. The number of amides is 2. The number of hydrogen-bond acceptors (Lipinski definition) is 5. The van der Waals surface area contributed by atoms with Gasteiger partial charge in [0.2, 0.25) is 5.91 Å². The molecule has 0 saturated carbocycles. The highest BCUT2D eigenvalue weighted by atomic mass is 16.6. The number of nitrogens with one attached hydrogen (secondary N) is 1. The first kappa shape index (κ1) is 15.9. The Morgan fingerprint density at radius 1 is 1.29 bits per heavy atom. The third-order valence-corrected chi connectivity index (χ3v) is 3.76. The van der Waals surface area contributed by atoms with Crippen molar-refractivity contribution in [3.8, 4) is 0 Å². The van der Waals surface area contributed by atoms with Crippen LogP contribution in [0.4, 0.5) is 4.79 Å². The number of ether oxygens (including phenoxy) is 1. The van der Waals surface area contributed by atoms with E-state index in [0.717, 1.165) is 11.3 Å². The summed E-state index contributed by atoms with van der Waals surface area (Å²) in [7, 11) is 0. The van der Waals surface area contributed by atoms with Crippen molar-refractivity contribution in [2.75, 3.05) is 13.2 Å². The first-order chi connectivity index (χ1) is 11.7. The molecule has 1 aliphatic rings. The van der Waals surface area contributed by atoms with Gasteiger partial charge in [0.1, 0.15) is 12.6 Å². The van der Waals surface area contributed by atoms with Crippen LogP contribution in [0, 0.1) is 0 Å². The van der Waals surface area contributed by atoms with E-state index < -0.39 is 12.1 Å². The van der Waals surface area contributed by atoms with Gasteiger partial charge in [0, 0.05) is 37.3 Å². The minimum Gasteiger partial charge on any atom is -0.447 e. The summed E-state index contributed by atoms with van der Waals surface area (Å²) in [5.41, 5.74) is 1.76. The molecule has 2 aromatic heterocycles. The number of aromatic nitrogens is 2. The van der Waals surface area contributed by atoms with Crippen LogP contribution in [0.1, 0.15) is 11.3 Å². The molecule has 2 amide bonds. The molecule has 0 unspecified atom stereocenters. The molecule has 3 heterocycles. The van der Waals surface area contributed by atoms with Crippen LogP contribution in [0.25, 0.3) is 0 Å². The van der Waals surface area contributed by atoms with Gasteiger partial charge in [-0.15, -0.1) is 0 Å². The standard InChI is InChI=1S/C17H18N4O3/c22-16(20-9-6-14-5-1-2-8-19-14)15-12-24-17(23)21(15)11-13-4-3-7-18-10-13/h1-5,7-8,10,15H,6,9,11-12H2,(H,20,22)/t15-/m0/s1. The number of pyridine rings is 2. The van der Waals surface area contributed by atoms with Gasteiger partial charge in [-0.3, -0.25) is 19.7 Å². The lowest BCUT2D eigenvalue weighted by Gasteiger charge is -2.20. The summed E-state index contributed by atoms with van der Waals surface area (Å²) in [5, 5.41) is 2.84. The van der Waals surface area contributed by atoms with Crippen LogP contribution >= 0.6 is 0 Å². The van der Waals surface area contributed by atoms with Gasteiger partial charge >= 0.3 is 6.09 Å². The van der Waals surface area contributed by atoms with Crippen LogP contribution in [0.15, 0.2) is 48.9 Å². The summed E-state index contributed by atoms with van der Waals surface area (Å²) in [6.07, 6.45) is 5.20. The molecule has 7 heteroatoms. The van der Waals surface area contributed by atoms with Crippen molar-refractivity contribution < 1.29 is 14.3 Å². The summed E-state index contributed by atoms with van der Waals surface area (Å²) < 4.78 is 5.03. The van der Waals surface area contributed by atoms with Crippen LogP contribution in [0.3, 0.4) is 0 Å². The third kappa shape index (κ3) is 3.87. The van der Waals surface area contributed by atoms with Gasteiger partial charge in [-0.25, -0.2) is 4.79 Å². The van der Waals surface area contributed by atoms with Crippen molar-refractivity contribution in [3.63, 3.8) is 0 Å². The van der Waals surface area contributed by atoms with Crippen molar-refractivity contribution in [3.05, 3.63) is 60.2 Å². The van der Waals surface area contributed by atoms with E-state index in [9.17, 15) is 9.59 Å². The molecule has 3 rings (SSSR count). The van der Waals surface area contributed by atoms with Gasteiger partial charge in [-0.05, 0) is 23.8 Å². The van der Waals surface area contributed by atoms with Gasteiger partial charge in [-0.2, -0.15) is 0 Å². The number of cyclic esters (lactones) is 1. The van der Waals surface area contributed by atoms with Crippen molar-refractivity contribution in [1.29, 1.82) is 0 Å². The molecule has 124 valence electrons. The van der Waals surface area contributed by atoms with Gasteiger partial charge < -0.3 is 10.1 Å². The summed E-state index contributed by atoms with van der Waals surface area (Å²) in [6.45, 7) is 0.820. The molecule has 2 aromatic rings. The largest absolute Gasteiger partial charge is 0.447 e. The molecule has 0 aliphatic carbocycles. The number of carbonyl (C=O) groups excluding carboxylic acids is 2. The number of carbonyl (C=O) groups is 2. The van der Waals surface area contributed by atoms with Crippen LogP contribution in [0.2, 0.25) is 0 Å². The number of nitrogens with zero attached hydrogens (tertiary/aromatic N) is 3. The quantitative estimate of drug-likeness (QED) is 0.861. The van der Waals surface area contributed by atoms with Crippen LogP contribution < -0.4 is 5.32 Å². The van der Waals surface area contributed by atoms with Gasteiger partial charge in [0.05, 0.1) is 6.54 Å². The monoisotopic (exact) mass is 326 g/mol. The molecule has 0 spiro atoms. The molecular weight excluding hydrogens is 308 g/mol.